The number of para-hydroxylation sites is 1. The smallest absolute Gasteiger partial charge is 0.490 e. The number of thiophene rings is 1. The van der Waals surface area contributed by atoms with Gasteiger partial charge in [-0.2, -0.15) is 13.2 Å². The zero-order valence-electron chi connectivity index (χ0n) is 20.8. The minimum atomic E-state index is -5.08. The summed E-state index contributed by atoms with van der Waals surface area (Å²) in [5.41, 5.74) is 2.22. The molecule has 0 radical (unpaired) electrons. The first-order valence-electron chi connectivity index (χ1n) is 11.5. The molecule has 0 atom stereocenters. The molecular formula is C25H25F3N4O5S. The summed E-state index contributed by atoms with van der Waals surface area (Å²) in [6, 6.07) is 7.81. The fraction of sp³-hybridized carbons (Fsp3) is 0.320. The Bertz CT molecular complexity index is 1510. The lowest BCUT2D eigenvalue weighted by atomic mass is 10.1. The van der Waals surface area contributed by atoms with Crippen LogP contribution in [0.1, 0.15) is 40.8 Å². The van der Waals surface area contributed by atoms with E-state index in [4.69, 9.17) is 14.6 Å². The number of rotatable bonds is 7. The number of nitrogens with zero attached hydrogens (tertiary/aromatic N) is 3. The third-order valence-corrected chi connectivity index (χ3v) is 6.62. The third-order valence-electron chi connectivity index (χ3n) is 5.42. The summed E-state index contributed by atoms with van der Waals surface area (Å²) in [7, 11) is 1.49. The maximum Gasteiger partial charge on any atom is 0.490 e. The molecule has 0 saturated heterocycles. The van der Waals surface area contributed by atoms with E-state index in [1.54, 1.807) is 17.0 Å². The second-order valence-corrected chi connectivity index (χ2v) is 9.15. The molecular weight excluding hydrogens is 525 g/mol. The zero-order valence-corrected chi connectivity index (χ0v) is 21.6. The van der Waals surface area contributed by atoms with E-state index in [-0.39, 0.29) is 18.0 Å². The van der Waals surface area contributed by atoms with E-state index in [1.807, 2.05) is 31.2 Å². The topological polar surface area (TPSA) is 123 Å². The van der Waals surface area contributed by atoms with Crippen LogP contribution >= 0.6 is 11.3 Å². The van der Waals surface area contributed by atoms with Crippen LogP contribution in [0.3, 0.4) is 0 Å². The summed E-state index contributed by atoms with van der Waals surface area (Å²) in [4.78, 5) is 44.2. The number of aryl methyl sites for hydroxylation is 2. The summed E-state index contributed by atoms with van der Waals surface area (Å²) >= 11 is 1.28. The lowest BCUT2D eigenvalue weighted by molar-refractivity contribution is -0.192. The Kier molecular flexibility index (Phi) is 9.04. The molecule has 3 heterocycles. The highest BCUT2D eigenvalue weighted by atomic mass is 32.1. The van der Waals surface area contributed by atoms with Gasteiger partial charge in [0, 0.05) is 18.1 Å². The van der Waals surface area contributed by atoms with Crippen molar-refractivity contribution >= 4 is 44.2 Å². The van der Waals surface area contributed by atoms with Crippen LogP contribution in [0.4, 0.5) is 13.2 Å². The van der Waals surface area contributed by atoms with Gasteiger partial charge in [0.15, 0.2) is 5.75 Å². The number of hydrogen-bond donors (Lipinski definition) is 2. The molecule has 1 aromatic carbocycles. The van der Waals surface area contributed by atoms with Gasteiger partial charge in [0.2, 0.25) is 0 Å². The number of carbonyl (C=O) groups is 2. The number of aliphatic carboxylic acids is 1. The summed E-state index contributed by atoms with van der Waals surface area (Å²) in [6.07, 6.45) is 0.0893. The van der Waals surface area contributed by atoms with Gasteiger partial charge in [0.1, 0.15) is 10.3 Å². The van der Waals surface area contributed by atoms with Crippen LogP contribution in [0.25, 0.3) is 21.0 Å². The summed E-state index contributed by atoms with van der Waals surface area (Å²) < 4.78 is 39.9. The number of amides is 1. The molecule has 9 nitrogen and oxygen atoms in total. The quantitative estimate of drug-likeness (QED) is 0.342. The van der Waals surface area contributed by atoms with Crippen LogP contribution in [-0.4, -0.2) is 44.8 Å². The minimum absolute atomic E-state index is 0.126. The average molecular weight is 551 g/mol. The van der Waals surface area contributed by atoms with Gasteiger partial charge in [-0.25, -0.2) is 4.79 Å². The highest BCUT2D eigenvalue weighted by Crippen LogP contribution is 2.39. The minimum Gasteiger partial charge on any atom is -0.494 e. The van der Waals surface area contributed by atoms with Crippen molar-refractivity contribution in [1.82, 2.24) is 19.9 Å². The van der Waals surface area contributed by atoms with Crippen molar-refractivity contribution < 1.29 is 32.6 Å². The third kappa shape index (κ3) is 6.28. The number of nitrogens with one attached hydrogen (secondary N) is 1. The monoisotopic (exact) mass is 550 g/mol. The predicted octanol–water partition coefficient (Wildman–Crippen LogP) is 4.69. The lowest BCUT2D eigenvalue weighted by Gasteiger charge is -2.11. The van der Waals surface area contributed by atoms with Gasteiger partial charge in [-0.05, 0) is 19.4 Å². The molecule has 0 saturated carbocycles. The van der Waals surface area contributed by atoms with Gasteiger partial charge in [0.05, 0.1) is 41.5 Å². The molecule has 0 fully saturated rings. The Morgan fingerprint density at radius 1 is 1.18 bits per heavy atom. The van der Waals surface area contributed by atoms with Crippen LogP contribution in [0.15, 0.2) is 41.5 Å². The number of fused-ring (bicyclic) bond motifs is 3. The van der Waals surface area contributed by atoms with Gasteiger partial charge in [0.25, 0.3) is 11.5 Å². The average Bonchev–Trinajstić information content (AvgIpc) is 3.28. The standard InChI is InChI=1S/C23H24N4O3S.C2HF3O2/c1-4-5-10-27-17-9-7-6-8-16(17)20-18(23(27)29)19(30-3)21(31-20)22(28)26-13-15-12-24-14(2)11-25-15;3-2(4,5)1(6)7/h6-9,11-12H,4-5,10,13H2,1-3H3,(H,26,28);(H,6,7). The number of benzene rings is 1. The van der Waals surface area contributed by atoms with Crippen molar-refractivity contribution in [1.29, 1.82) is 0 Å². The molecule has 0 aliphatic rings. The fourth-order valence-corrected chi connectivity index (χ4v) is 4.80. The van der Waals surface area contributed by atoms with E-state index in [1.165, 1.54) is 18.4 Å². The van der Waals surface area contributed by atoms with Crippen molar-refractivity contribution in [3.8, 4) is 5.75 Å². The number of alkyl halides is 3. The Morgan fingerprint density at radius 3 is 2.45 bits per heavy atom. The van der Waals surface area contributed by atoms with E-state index in [0.717, 1.165) is 34.1 Å². The molecule has 3 aromatic heterocycles. The Morgan fingerprint density at radius 2 is 1.87 bits per heavy atom. The fourth-order valence-electron chi connectivity index (χ4n) is 3.59. The Labute approximate surface area is 218 Å². The number of carboxylic acid groups (broad SMARTS) is 1. The van der Waals surface area contributed by atoms with E-state index >= 15 is 0 Å². The zero-order chi connectivity index (χ0) is 28.0. The van der Waals surface area contributed by atoms with Crippen molar-refractivity contribution in [2.45, 2.75) is 46.0 Å². The molecule has 0 spiro atoms. The molecule has 2 N–H and O–H groups in total. The molecule has 0 aliphatic heterocycles. The number of aromatic nitrogens is 3. The summed E-state index contributed by atoms with van der Waals surface area (Å²) in [5, 5.41) is 11.4. The van der Waals surface area contributed by atoms with Gasteiger partial charge >= 0.3 is 12.1 Å². The maximum atomic E-state index is 13.4. The van der Waals surface area contributed by atoms with Crippen LogP contribution in [0, 0.1) is 6.92 Å². The number of methoxy groups -OCH3 is 1. The number of hydrogen-bond acceptors (Lipinski definition) is 7. The number of halogens is 3. The Balaban J connectivity index is 0.000000505. The molecule has 0 aliphatic carbocycles. The molecule has 0 bridgehead atoms. The van der Waals surface area contributed by atoms with Gasteiger partial charge in [-0.15, -0.1) is 11.3 Å². The van der Waals surface area contributed by atoms with Crippen LogP contribution in [0.2, 0.25) is 0 Å². The second-order valence-electron chi connectivity index (χ2n) is 8.13. The van der Waals surface area contributed by atoms with E-state index < -0.39 is 12.1 Å². The second kappa shape index (κ2) is 12.0. The first-order chi connectivity index (χ1) is 18.0. The van der Waals surface area contributed by atoms with Gasteiger partial charge in [-0.1, -0.05) is 31.5 Å². The molecule has 13 heteroatoms. The lowest BCUT2D eigenvalue weighted by Crippen LogP contribution is -2.23. The van der Waals surface area contributed by atoms with Crippen LogP contribution in [0.5, 0.6) is 5.75 Å². The molecule has 1 amide bonds. The first-order valence-corrected chi connectivity index (χ1v) is 12.3. The van der Waals surface area contributed by atoms with Gasteiger partial charge < -0.3 is 19.7 Å². The van der Waals surface area contributed by atoms with Crippen molar-refractivity contribution in [3.05, 3.63) is 63.3 Å². The largest absolute Gasteiger partial charge is 0.494 e. The number of pyridine rings is 1. The van der Waals surface area contributed by atoms with Crippen molar-refractivity contribution in [2.24, 2.45) is 0 Å². The molecule has 0 unspecified atom stereocenters. The van der Waals surface area contributed by atoms with E-state index in [0.29, 0.717) is 28.3 Å². The SMILES string of the molecule is CCCCn1c(=O)c2c(OC)c(C(=O)NCc3cnc(C)cn3)sc2c2ccccc21.O=C(O)C(F)(F)F. The number of unbranched alkanes of at least 4 members (excludes halogenated alkanes) is 1. The van der Waals surface area contributed by atoms with E-state index in [9.17, 15) is 22.8 Å². The van der Waals surface area contributed by atoms with Gasteiger partial charge in [-0.3, -0.25) is 19.6 Å². The Hall–Kier alpha value is -4.00. The molecule has 4 rings (SSSR count). The van der Waals surface area contributed by atoms with Crippen LogP contribution in [-0.2, 0) is 17.9 Å². The molecule has 4 aromatic rings. The van der Waals surface area contributed by atoms with E-state index in [2.05, 4.69) is 22.2 Å². The maximum absolute atomic E-state index is 13.4. The number of carboxylic acids is 1. The van der Waals surface area contributed by atoms with Crippen molar-refractivity contribution in [2.75, 3.05) is 7.11 Å². The number of ether oxygens (including phenoxy) is 1. The number of carbonyl (C=O) groups excluding carboxylic acids is 1. The normalized spacial score (nSPS) is 11.2. The molecule has 202 valence electrons. The highest BCUT2D eigenvalue weighted by molar-refractivity contribution is 7.22. The summed E-state index contributed by atoms with van der Waals surface area (Å²) in [5.74, 6) is -2.73. The van der Waals surface area contributed by atoms with Crippen molar-refractivity contribution in [3.63, 3.8) is 0 Å². The summed E-state index contributed by atoms with van der Waals surface area (Å²) in [6.45, 7) is 4.82. The highest BCUT2D eigenvalue weighted by Gasteiger charge is 2.38. The first kappa shape index (κ1) is 28.6. The van der Waals surface area contributed by atoms with Crippen LogP contribution < -0.4 is 15.6 Å². The predicted molar refractivity (Wildman–Crippen MR) is 137 cm³/mol. The molecule has 38 heavy (non-hydrogen) atoms.